The zero-order valence-electron chi connectivity index (χ0n) is 16.7. The normalized spacial score (nSPS) is 15.9. The van der Waals surface area contributed by atoms with Crippen LogP contribution in [0.15, 0.2) is 82.0 Å². The molecule has 0 spiro atoms. The van der Waals surface area contributed by atoms with Crippen molar-refractivity contribution >= 4 is 17.5 Å². The Hall–Kier alpha value is -3.05. The number of nitrogens with one attached hydrogen (secondary N) is 1. The molecular weight excluding hydrogens is 348 g/mol. The van der Waals surface area contributed by atoms with E-state index in [2.05, 4.69) is 42.3 Å². The number of likely N-dealkylation sites (N-methyl/N-ethyl adjacent to an activating group) is 1. The molecule has 0 unspecified atom stereocenters. The van der Waals surface area contributed by atoms with E-state index >= 15 is 0 Å². The van der Waals surface area contributed by atoms with Crippen LogP contribution in [0.3, 0.4) is 0 Å². The third-order valence-electron chi connectivity index (χ3n) is 4.88. The summed E-state index contributed by atoms with van der Waals surface area (Å²) in [6.07, 6.45) is 3.48. The van der Waals surface area contributed by atoms with E-state index in [-0.39, 0.29) is 5.78 Å². The molecule has 5 nitrogen and oxygen atoms in total. The molecule has 1 aliphatic heterocycles. The van der Waals surface area contributed by atoms with E-state index in [0.717, 1.165) is 42.1 Å². The molecule has 0 fully saturated rings. The number of nitrogens with zero attached hydrogens (tertiary/aromatic N) is 3. The minimum absolute atomic E-state index is 0.0589. The Balaban J connectivity index is 2.07. The van der Waals surface area contributed by atoms with E-state index < -0.39 is 0 Å². The van der Waals surface area contributed by atoms with Gasteiger partial charge < -0.3 is 10.2 Å². The summed E-state index contributed by atoms with van der Waals surface area (Å²) in [5.74, 6) is 0.479. The topological polar surface area (TPSA) is 57.1 Å². The zero-order chi connectivity index (χ0) is 20.3. The van der Waals surface area contributed by atoms with Crippen molar-refractivity contribution < 1.29 is 4.79 Å². The number of hydrogen-bond acceptors (Lipinski definition) is 5. The fourth-order valence-corrected chi connectivity index (χ4v) is 3.24. The van der Waals surface area contributed by atoms with E-state index in [4.69, 9.17) is 4.99 Å². The molecule has 2 aliphatic rings. The van der Waals surface area contributed by atoms with E-state index in [1.54, 1.807) is 6.08 Å². The average Bonchev–Trinajstić information content (AvgIpc) is 3.11. The summed E-state index contributed by atoms with van der Waals surface area (Å²) >= 11 is 0. The van der Waals surface area contributed by atoms with Crippen LogP contribution < -0.4 is 5.32 Å². The largest absolute Gasteiger partial charge is 0.353 e. The third kappa shape index (κ3) is 3.66. The van der Waals surface area contributed by atoms with Gasteiger partial charge in [-0.1, -0.05) is 62.1 Å². The first kappa shape index (κ1) is 19.7. The number of allylic oxidation sites excluding steroid dienone is 6. The minimum atomic E-state index is -0.0589. The Kier molecular flexibility index (Phi) is 5.85. The highest BCUT2D eigenvalue weighted by atomic mass is 16.1. The molecule has 1 N–H and O–H groups in total. The van der Waals surface area contributed by atoms with Crippen molar-refractivity contribution in [3.8, 4) is 0 Å². The van der Waals surface area contributed by atoms with Crippen molar-refractivity contribution in [2.75, 3.05) is 26.7 Å². The van der Waals surface area contributed by atoms with E-state index in [1.165, 1.54) is 0 Å². The second-order valence-electron chi connectivity index (χ2n) is 6.91. The van der Waals surface area contributed by atoms with Crippen LogP contribution in [0.4, 0.5) is 0 Å². The van der Waals surface area contributed by atoms with Crippen molar-refractivity contribution in [2.24, 2.45) is 9.98 Å². The summed E-state index contributed by atoms with van der Waals surface area (Å²) in [7, 11) is 2.07. The van der Waals surface area contributed by atoms with Crippen LogP contribution in [0.25, 0.3) is 0 Å². The van der Waals surface area contributed by atoms with Gasteiger partial charge in [-0.15, -0.1) is 0 Å². The maximum atomic E-state index is 13.3. The quantitative estimate of drug-likeness (QED) is 0.743. The molecule has 144 valence electrons. The summed E-state index contributed by atoms with van der Waals surface area (Å²) in [4.78, 5) is 24.9. The summed E-state index contributed by atoms with van der Waals surface area (Å²) in [6.45, 7) is 14.4. The Morgan fingerprint density at radius 3 is 2.61 bits per heavy atom. The molecular formula is C23H26N4O. The van der Waals surface area contributed by atoms with Gasteiger partial charge in [-0.05, 0) is 26.1 Å². The predicted octanol–water partition coefficient (Wildman–Crippen LogP) is 3.53. The Labute approximate surface area is 166 Å². The minimum Gasteiger partial charge on any atom is -0.353 e. The first-order valence-corrected chi connectivity index (χ1v) is 9.45. The average molecular weight is 374 g/mol. The number of benzene rings is 1. The Morgan fingerprint density at radius 2 is 1.96 bits per heavy atom. The SMILES string of the molecule is C=C/C=C(\C(=C)C)C1=C2N=C(NCCN(C)CC)N=C2c2ccccc2C1=O. The second-order valence-corrected chi connectivity index (χ2v) is 6.91. The highest BCUT2D eigenvalue weighted by molar-refractivity contribution is 6.33. The van der Waals surface area contributed by atoms with Gasteiger partial charge in [0.2, 0.25) is 5.96 Å². The van der Waals surface area contributed by atoms with Crippen LogP contribution in [0, 0.1) is 0 Å². The summed E-state index contributed by atoms with van der Waals surface area (Å²) in [5.41, 5.74) is 4.85. The molecule has 0 radical (unpaired) electrons. The maximum Gasteiger partial charge on any atom is 0.224 e. The number of guanidine groups is 1. The molecule has 28 heavy (non-hydrogen) atoms. The molecule has 1 aromatic carbocycles. The lowest BCUT2D eigenvalue weighted by Gasteiger charge is -2.21. The van der Waals surface area contributed by atoms with Gasteiger partial charge in [-0.25, -0.2) is 9.98 Å². The fraction of sp³-hybridized carbons (Fsp3) is 0.261. The van der Waals surface area contributed by atoms with Gasteiger partial charge in [0.25, 0.3) is 0 Å². The lowest BCUT2D eigenvalue weighted by Crippen LogP contribution is -2.31. The first-order valence-electron chi connectivity index (χ1n) is 9.45. The standard InChI is InChI=1S/C23H26N4O/c1-6-10-16(15(3)4)19-21-20(17-11-8-9-12-18(17)22(19)28)25-23(26-21)24-13-14-27(5)7-2/h6,8-12H,1,3,7,13-14H2,2,4-5H3,(H,24,26)/b16-10+. The molecule has 3 rings (SSSR count). The number of rotatable bonds is 7. The smallest absolute Gasteiger partial charge is 0.224 e. The van der Waals surface area contributed by atoms with Gasteiger partial charge in [0.05, 0.1) is 5.57 Å². The first-order chi connectivity index (χ1) is 13.5. The van der Waals surface area contributed by atoms with Gasteiger partial charge >= 0.3 is 0 Å². The monoisotopic (exact) mass is 374 g/mol. The van der Waals surface area contributed by atoms with E-state index in [1.807, 2.05) is 37.3 Å². The molecule has 5 heteroatoms. The van der Waals surface area contributed by atoms with Gasteiger partial charge in [0.15, 0.2) is 5.78 Å². The highest BCUT2D eigenvalue weighted by Crippen LogP contribution is 2.35. The maximum absolute atomic E-state index is 13.3. The highest BCUT2D eigenvalue weighted by Gasteiger charge is 2.35. The predicted molar refractivity (Wildman–Crippen MR) is 116 cm³/mol. The van der Waals surface area contributed by atoms with Crippen molar-refractivity contribution in [1.82, 2.24) is 10.2 Å². The number of hydrogen-bond donors (Lipinski definition) is 1. The van der Waals surface area contributed by atoms with Crippen molar-refractivity contribution in [3.05, 3.63) is 83.1 Å². The van der Waals surface area contributed by atoms with E-state index in [9.17, 15) is 4.79 Å². The van der Waals surface area contributed by atoms with Gasteiger partial charge in [0.1, 0.15) is 11.4 Å². The summed E-state index contributed by atoms with van der Waals surface area (Å²) in [6, 6.07) is 7.54. The molecule has 1 aliphatic carbocycles. The van der Waals surface area contributed by atoms with Gasteiger partial charge in [-0.3, -0.25) is 4.79 Å². The fourth-order valence-electron chi connectivity index (χ4n) is 3.24. The molecule has 0 saturated carbocycles. The Bertz CT molecular complexity index is 963. The molecule has 0 aromatic heterocycles. The number of ketones is 1. The summed E-state index contributed by atoms with van der Waals surface area (Å²) < 4.78 is 0. The van der Waals surface area contributed by atoms with Crippen molar-refractivity contribution in [1.29, 1.82) is 0 Å². The molecule has 1 aromatic rings. The third-order valence-corrected chi connectivity index (χ3v) is 4.88. The number of Topliss-reactive ketones (excluding diaryl/α,β-unsaturated/α-hetero) is 1. The summed E-state index contributed by atoms with van der Waals surface area (Å²) in [5, 5.41) is 3.28. The van der Waals surface area contributed by atoms with Crippen LogP contribution in [0.1, 0.15) is 29.8 Å². The Morgan fingerprint density at radius 1 is 1.25 bits per heavy atom. The zero-order valence-corrected chi connectivity index (χ0v) is 16.7. The van der Waals surface area contributed by atoms with Crippen molar-refractivity contribution in [3.63, 3.8) is 0 Å². The van der Waals surface area contributed by atoms with Gasteiger partial charge in [0, 0.05) is 24.2 Å². The van der Waals surface area contributed by atoms with Crippen LogP contribution in [0.2, 0.25) is 0 Å². The van der Waals surface area contributed by atoms with Crippen LogP contribution in [0.5, 0.6) is 0 Å². The number of fused-ring (bicyclic) bond motifs is 3. The number of carbonyl (C=O) groups excluding carboxylic acids is 1. The van der Waals surface area contributed by atoms with Crippen LogP contribution in [-0.2, 0) is 0 Å². The van der Waals surface area contributed by atoms with Gasteiger partial charge in [-0.2, -0.15) is 0 Å². The van der Waals surface area contributed by atoms with Crippen molar-refractivity contribution in [2.45, 2.75) is 13.8 Å². The molecule has 0 amide bonds. The molecule has 0 atom stereocenters. The van der Waals surface area contributed by atoms with Crippen LogP contribution in [-0.4, -0.2) is 49.0 Å². The molecule has 1 heterocycles. The molecule has 0 saturated heterocycles. The number of aliphatic imine (C=N–C) groups is 2. The molecule has 0 bridgehead atoms. The van der Waals surface area contributed by atoms with E-state index in [0.29, 0.717) is 22.8 Å². The van der Waals surface area contributed by atoms with Crippen LogP contribution >= 0.6 is 0 Å². The second kappa shape index (κ2) is 8.31. The lowest BCUT2D eigenvalue weighted by molar-refractivity contribution is 0.103. The lowest BCUT2D eigenvalue weighted by atomic mass is 9.82. The number of carbonyl (C=O) groups is 1.